The summed E-state index contributed by atoms with van der Waals surface area (Å²) in [4.78, 5) is 12.4. The van der Waals surface area contributed by atoms with E-state index in [1.807, 2.05) is 0 Å². The van der Waals surface area contributed by atoms with Crippen molar-refractivity contribution in [3.63, 3.8) is 0 Å². The molecule has 2 fully saturated rings. The second kappa shape index (κ2) is 9.16. The molecule has 2 saturated carbocycles. The van der Waals surface area contributed by atoms with Gasteiger partial charge < -0.3 is 4.43 Å². The van der Waals surface area contributed by atoms with Crippen LogP contribution in [-0.4, -0.2) is 19.7 Å². The van der Waals surface area contributed by atoms with Crippen molar-refractivity contribution >= 4 is 14.1 Å². The minimum atomic E-state index is -1.61. The van der Waals surface area contributed by atoms with E-state index < -0.39 is 8.32 Å². The summed E-state index contributed by atoms with van der Waals surface area (Å²) in [5, 5.41) is 0. The topological polar surface area (TPSA) is 26.3 Å². The summed E-state index contributed by atoms with van der Waals surface area (Å²) in [6.07, 6.45) is 10.3. The van der Waals surface area contributed by atoms with Crippen LogP contribution in [0.3, 0.4) is 0 Å². The van der Waals surface area contributed by atoms with Crippen LogP contribution in [0.2, 0.25) is 18.1 Å². The van der Waals surface area contributed by atoms with Gasteiger partial charge in [-0.3, -0.25) is 4.79 Å². The summed E-state index contributed by atoms with van der Waals surface area (Å²) < 4.78 is 6.86. The van der Waals surface area contributed by atoms with Gasteiger partial charge in [-0.25, -0.2) is 0 Å². The first kappa shape index (κ1) is 23.9. The molecule has 2 nitrogen and oxygen atoms in total. The monoisotopic (exact) mass is 406 g/mol. The fraction of sp³-hybridized carbons (Fsp3) is 0.880. The lowest BCUT2D eigenvalue weighted by Crippen LogP contribution is -2.47. The van der Waals surface area contributed by atoms with Crippen LogP contribution in [0.4, 0.5) is 0 Å². The Morgan fingerprint density at radius 2 is 1.75 bits per heavy atom. The average molecular weight is 407 g/mol. The Morgan fingerprint density at radius 1 is 1.14 bits per heavy atom. The zero-order valence-corrected chi connectivity index (χ0v) is 20.9. The summed E-state index contributed by atoms with van der Waals surface area (Å²) in [5.41, 5.74) is 0.108. The molecular weight excluding hydrogens is 360 g/mol. The third kappa shape index (κ3) is 4.66. The predicted molar refractivity (Wildman–Crippen MR) is 123 cm³/mol. The Labute approximate surface area is 176 Å². The Kier molecular flexibility index (Phi) is 7.81. The molecule has 2 aliphatic carbocycles. The van der Waals surface area contributed by atoms with E-state index in [9.17, 15) is 4.79 Å². The lowest BCUT2D eigenvalue weighted by atomic mass is 9.62. The highest BCUT2D eigenvalue weighted by atomic mass is 28.4. The molecule has 0 radical (unpaired) electrons. The zero-order chi connectivity index (χ0) is 21.2. The Hall–Kier alpha value is -0.413. The molecule has 0 aromatic carbocycles. The normalized spacial score (nSPS) is 31.2. The van der Waals surface area contributed by atoms with E-state index in [1.165, 1.54) is 31.0 Å². The minimum absolute atomic E-state index is 0.118. The third-order valence-electron chi connectivity index (χ3n) is 8.78. The number of ketones is 1. The van der Waals surface area contributed by atoms with Crippen molar-refractivity contribution in [3.8, 4) is 0 Å². The van der Waals surface area contributed by atoms with Gasteiger partial charge >= 0.3 is 0 Å². The van der Waals surface area contributed by atoms with Crippen molar-refractivity contribution in [2.24, 2.45) is 29.1 Å². The van der Waals surface area contributed by atoms with E-state index in [2.05, 4.69) is 67.5 Å². The maximum atomic E-state index is 12.4. The standard InChI is InChI=1S/C25H46O2Si/c1-9-28(10-2,11-3)27-24(6,7)20(5)15-14-19(4)21-16-17-22-23(26)13-12-18-25(21,22)8/h14-15,19-22H,9-13,16-18H2,1-8H3. The number of carbonyl (C=O) groups is 1. The smallest absolute Gasteiger partial charge is 0.192 e. The van der Waals surface area contributed by atoms with Crippen LogP contribution in [0.25, 0.3) is 0 Å². The summed E-state index contributed by atoms with van der Waals surface area (Å²) in [7, 11) is -1.61. The first-order valence-corrected chi connectivity index (χ1v) is 14.5. The number of rotatable bonds is 9. The molecule has 5 unspecified atom stereocenters. The molecular formula is C25H46O2Si. The molecule has 5 atom stereocenters. The van der Waals surface area contributed by atoms with Gasteiger partial charge in [0.05, 0.1) is 5.60 Å². The fourth-order valence-corrected chi connectivity index (χ4v) is 9.39. The largest absolute Gasteiger partial charge is 0.411 e. The first-order valence-electron chi connectivity index (χ1n) is 12.0. The number of carbonyl (C=O) groups excluding carboxylic acids is 1. The lowest BCUT2D eigenvalue weighted by molar-refractivity contribution is -0.129. The van der Waals surface area contributed by atoms with Crippen LogP contribution in [0, 0.1) is 29.1 Å². The van der Waals surface area contributed by atoms with Crippen molar-refractivity contribution in [1.29, 1.82) is 0 Å². The Bertz CT molecular complexity index is 555. The molecule has 162 valence electrons. The van der Waals surface area contributed by atoms with Gasteiger partial charge in [0.2, 0.25) is 0 Å². The van der Waals surface area contributed by atoms with Crippen molar-refractivity contribution < 1.29 is 9.22 Å². The average Bonchev–Trinajstić information content (AvgIpc) is 3.02. The van der Waals surface area contributed by atoms with Crippen molar-refractivity contribution in [3.05, 3.63) is 12.2 Å². The molecule has 0 saturated heterocycles. The van der Waals surface area contributed by atoms with Gasteiger partial charge in [-0.15, -0.1) is 0 Å². The number of hydrogen-bond donors (Lipinski definition) is 0. The first-order chi connectivity index (χ1) is 13.0. The maximum Gasteiger partial charge on any atom is 0.192 e. The molecule has 3 heteroatoms. The molecule has 0 aromatic rings. The highest BCUT2D eigenvalue weighted by Crippen LogP contribution is 2.56. The number of hydrogen-bond acceptors (Lipinski definition) is 2. The quantitative estimate of drug-likeness (QED) is 0.294. The van der Waals surface area contributed by atoms with E-state index in [0.717, 1.165) is 19.3 Å². The van der Waals surface area contributed by atoms with Gasteiger partial charge in [0.15, 0.2) is 8.32 Å². The van der Waals surface area contributed by atoms with Crippen LogP contribution < -0.4 is 0 Å². The number of allylic oxidation sites excluding steroid dienone is 1. The van der Waals surface area contributed by atoms with Crippen LogP contribution in [0.5, 0.6) is 0 Å². The van der Waals surface area contributed by atoms with Gasteiger partial charge in [0, 0.05) is 18.3 Å². The molecule has 0 amide bonds. The molecule has 0 N–H and O–H groups in total. The molecule has 28 heavy (non-hydrogen) atoms. The minimum Gasteiger partial charge on any atom is -0.411 e. The van der Waals surface area contributed by atoms with E-state index in [0.29, 0.717) is 29.5 Å². The van der Waals surface area contributed by atoms with E-state index >= 15 is 0 Å². The SMILES string of the molecule is CC[Si](CC)(CC)OC(C)(C)C(C)C=CC(C)C1CCC2C(=O)CCCC21C. The van der Waals surface area contributed by atoms with E-state index in [4.69, 9.17) is 4.43 Å². The number of fused-ring (bicyclic) bond motifs is 1. The molecule has 0 aliphatic heterocycles. The summed E-state index contributed by atoms with van der Waals surface area (Å²) in [5.74, 6) is 2.43. The second-order valence-corrected chi connectivity index (χ2v) is 15.2. The maximum absolute atomic E-state index is 12.4. The lowest BCUT2D eigenvalue weighted by Gasteiger charge is -2.42. The van der Waals surface area contributed by atoms with Crippen LogP contribution in [0.15, 0.2) is 12.2 Å². The van der Waals surface area contributed by atoms with E-state index in [1.54, 1.807) is 0 Å². The number of Topliss-reactive ketones (excluding diaryl/α,β-unsaturated/α-hetero) is 1. The van der Waals surface area contributed by atoms with Crippen LogP contribution in [-0.2, 0) is 9.22 Å². The molecule has 2 aliphatic rings. The fourth-order valence-electron chi connectivity index (χ4n) is 6.16. The zero-order valence-electron chi connectivity index (χ0n) is 19.9. The summed E-state index contributed by atoms with van der Waals surface area (Å²) in [6.45, 7) is 18.6. The Morgan fingerprint density at radius 3 is 2.32 bits per heavy atom. The summed E-state index contributed by atoms with van der Waals surface area (Å²) >= 11 is 0. The van der Waals surface area contributed by atoms with Gasteiger partial charge in [-0.05, 0) is 74.9 Å². The summed E-state index contributed by atoms with van der Waals surface area (Å²) in [6, 6.07) is 3.60. The molecule has 0 heterocycles. The predicted octanol–water partition coefficient (Wildman–Crippen LogP) is 7.40. The molecule has 0 bridgehead atoms. The van der Waals surface area contributed by atoms with Gasteiger partial charge in [-0.2, -0.15) is 0 Å². The highest BCUT2D eigenvalue weighted by molar-refractivity contribution is 6.73. The van der Waals surface area contributed by atoms with Crippen molar-refractivity contribution in [2.45, 2.75) is 111 Å². The molecule has 0 spiro atoms. The van der Waals surface area contributed by atoms with Crippen LogP contribution >= 0.6 is 0 Å². The van der Waals surface area contributed by atoms with Crippen molar-refractivity contribution in [1.82, 2.24) is 0 Å². The van der Waals surface area contributed by atoms with Gasteiger partial charge in [0.25, 0.3) is 0 Å². The van der Waals surface area contributed by atoms with Gasteiger partial charge in [-0.1, -0.05) is 53.7 Å². The van der Waals surface area contributed by atoms with E-state index in [-0.39, 0.29) is 11.0 Å². The molecule has 0 aromatic heterocycles. The highest BCUT2D eigenvalue weighted by Gasteiger charge is 2.52. The Balaban J connectivity index is 2.06. The van der Waals surface area contributed by atoms with Crippen LogP contribution in [0.1, 0.15) is 87.5 Å². The second-order valence-electron chi connectivity index (χ2n) is 10.5. The third-order valence-corrected chi connectivity index (χ3v) is 13.6. The molecule has 2 rings (SSSR count). The van der Waals surface area contributed by atoms with Crippen molar-refractivity contribution in [2.75, 3.05) is 0 Å². The van der Waals surface area contributed by atoms with Gasteiger partial charge in [0.1, 0.15) is 5.78 Å².